The summed E-state index contributed by atoms with van der Waals surface area (Å²) in [6, 6.07) is 7.49. The molecule has 5 heteroatoms. The average Bonchev–Trinajstić information content (AvgIpc) is 2.72. The summed E-state index contributed by atoms with van der Waals surface area (Å²) in [6.07, 6.45) is 3.27. The van der Waals surface area contributed by atoms with Gasteiger partial charge in [0.2, 0.25) is 5.91 Å². The molecule has 110 valence electrons. The molecule has 21 heavy (non-hydrogen) atoms. The van der Waals surface area contributed by atoms with Crippen molar-refractivity contribution >= 4 is 17.7 Å². The maximum atomic E-state index is 12.0. The summed E-state index contributed by atoms with van der Waals surface area (Å²) in [5.41, 5.74) is 3.44. The minimum atomic E-state index is -0.176. The van der Waals surface area contributed by atoms with Crippen LogP contribution in [0.25, 0.3) is 6.08 Å². The van der Waals surface area contributed by atoms with Crippen LogP contribution in [0.15, 0.2) is 30.3 Å². The topological polar surface area (TPSA) is 56.1 Å². The van der Waals surface area contributed by atoms with Crippen LogP contribution in [0.4, 0.5) is 5.69 Å². The molecule has 0 saturated carbocycles. The van der Waals surface area contributed by atoms with Gasteiger partial charge in [-0.25, -0.2) is 0 Å². The van der Waals surface area contributed by atoms with Crippen molar-refractivity contribution in [2.24, 2.45) is 7.05 Å². The molecule has 0 fully saturated rings. The van der Waals surface area contributed by atoms with Gasteiger partial charge in [0.1, 0.15) is 5.75 Å². The Hall–Kier alpha value is -2.56. The van der Waals surface area contributed by atoms with Gasteiger partial charge in [-0.05, 0) is 37.6 Å². The van der Waals surface area contributed by atoms with Gasteiger partial charge in [-0.3, -0.25) is 9.48 Å². The highest BCUT2D eigenvalue weighted by Gasteiger charge is 2.10. The molecular weight excluding hydrogens is 266 g/mol. The zero-order valence-corrected chi connectivity index (χ0v) is 12.7. The molecule has 0 radical (unpaired) electrons. The molecule has 1 N–H and O–H groups in total. The van der Waals surface area contributed by atoms with Crippen molar-refractivity contribution in [2.75, 3.05) is 12.4 Å². The van der Waals surface area contributed by atoms with Crippen LogP contribution in [0.1, 0.15) is 17.0 Å². The third-order valence-electron chi connectivity index (χ3n) is 3.30. The van der Waals surface area contributed by atoms with Crippen molar-refractivity contribution < 1.29 is 9.53 Å². The van der Waals surface area contributed by atoms with Crippen molar-refractivity contribution in [3.05, 3.63) is 47.3 Å². The molecule has 0 aliphatic rings. The van der Waals surface area contributed by atoms with E-state index in [2.05, 4.69) is 10.4 Å². The van der Waals surface area contributed by atoms with Crippen molar-refractivity contribution in [1.29, 1.82) is 0 Å². The number of methoxy groups -OCH3 is 1. The first-order valence-corrected chi connectivity index (χ1v) is 6.64. The van der Waals surface area contributed by atoms with Crippen molar-refractivity contribution in [1.82, 2.24) is 9.78 Å². The number of amides is 1. The second-order valence-corrected chi connectivity index (χ2v) is 4.77. The molecule has 0 saturated heterocycles. The highest BCUT2D eigenvalue weighted by Crippen LogP contribution is 2.18. The van der Waals surface area contributed by atoms with E-state index in [0.29, 0.717) is 0 Å². The summed E-state index contributed by atoms with van der Waals surface area (Å²) in [5.74, 6) is 0.614. The first-order valence-electron chi connectivity index (χ1n) is 6.64. The van der Waals surface area contributed by atoms with E-state index in [1.165, 1.54) is 6.08 Å². The number of aromatic nitrogens is 2. The van der Waals surface area contributed by atoms with Gasteiger partial charge in [0.15, 0.2) is 0 Å². The SMILES string of the molecule is COc1ccc(C=CC(=O)Nc2c(C)nn(C)c2C)cc1. The molecular formula is C16H19N3O2. The summed E-state index contributed by atoms with van der Waals surface area (Å²) in [7, 11) is 3.47. The molecule has 0 aliphatic heterocycles. The Kier molecular flexibility index (Phi) is 4.42. The Bertz CT molecular complexity index is 670. The van der Waals surface area contributed by atoms with Gasteiger partial charge >= 0.3 is 0 Å². The van der Waals surface area contributed by atoms with Crippen LogP contribution in [0.5, 0.6) is 5.75 Å². The van der Waals surface area contributed by atoms with E-state index in [-0.39, 0.29) is 5.91 Å². The Morgan fingerprint density at radius 2 is 1.95 bits per heavy atom. The number of ether oxygens (including phenoxy) is 1. The molecule has 0 atom stereocenters. The number of aryl methyl sites for hydroxylation is 2. The van der Waals surface area contributed by atoms with E-state index >= 15 is 0 Å². The first-order chi connectivity index (χ1) is 10.0. The molecule has 2 aromatic rings. The zero-order valence-electron chi connectivity index (χ0n) is 12.7. The lowest BCUT2D eigenvalue weighted by Crippen LogP contribution is -2.09. The van der Waals surface area contributed by atoms with Gasteiger partial charge in [-0.15, -0.1) is 0 Å². The lowest BCUT2D eigenvalue weighted by Gasteiger charge is -2.02. The van der Waals surface area contributed by atoms with Gasteiger partial charge in [-0.2, -0.15) is 5.10 Å². The number of anilines is 1. The summed E-state index contributed by atoms with van der Waals surface area (Å²) in [5, 5.41) is 7.12. The maximum absolute atomic E-state index is 12.0. The molecule has 1 heterocycles. The van der Waals surface area contributed by atoms with Crippen LogP contribution >= 0.6 is 0 Å². The third kappa shape index (κ3) is 3.51. The predicted molar refractivity (Wildman–Crippen MR) is 83.3 cm³/mol. The molecule has 1 amide bonds. The van der Waals surface area contributed by atoms with Gasteiger partial charge < -0.3 is 10.1 Å². The van der Waals surface area contributed by atoms with E-state index in [1.54, 1.807) is 17.9 Å². The highest BCUT2D eigenvalue weighted by molar-refractivity contribution is 6.02. The Balaban J connectivity index is 2.05. The van der Waals surface area contributed by atoms with Gasteiger partial charge in [-0.1, -0.05) is 12.1 Å². The van der Waals surface area contributed by atoms with Crippen molar-refractivity contribution in [3.63, 3.8) is 0 Å². The molecule has 1 aromatic heterocycles. The average molecular weight is 285 g/mol. The van der Waals surface area contributed by atoms with E-state index in [9.17, 15) is 4.79 Å². The van der Waals surface area contributed by atoms with Gasteiger partial charge in [0.25, 0.3) is 0 Å². The Morgan fingerprint density at radius 1 is 1.29 bits per heavy atom. The number of carbonyl (C=O) groups is 1. The zero-order chi connectivity index (χ0) is 15.4. The third-order valence-corrected chi connectivity index (χ3v) is 3.30. The Morgan fingerprint density at radius 3 is 2.48 bits per heavy atom. The second-order valence-electron chi connectivity index (χ2n) is 4.77. The number of carbonyl (C=O) groups excluding carboxylic acids is 1. The van der Waals surface area contributed by atoms with E-state index in [1.807, 2.05) is 45.2 Å². The molecule has 2 rings (SSSR count). The van der Waals surface area contributed by atoms with Crippen LogP contribution in [0.2, 0.25) is 0 Å². The van der Waals surface area contributed by atoms with E-state index in [0.717, 1.165) is 28.4 Å². The fourth-order valence-corrected chi connectivity index (χ4v) is 2.01. The lowest BCUT2D eigenvalue weighted by molar-refractivity contribution is -0.111. The number of benzene rings is 1. The fourth-order valence-electron chi connectivity index (χ4n) is 2.01. The Labute approximate surface area is 124 Å². The number of rotatable bonds is 4. The molecule has 0 unspecified atom stereocenters. The molecule has 0 spiro atoms. The first kappa shape index (κ1) is 14.8. The minimum Gasteiger partial charge on any atom is -0.497 e. The summed E-state index contributed by atoms with van der Waals surface area (Å²) >= 11 is 0. The minimum absolute atomic E-state index is 0.176. The molecule has 0 aliphatic carbocycles. The summed E-state index contributed by atoms with van der Waals surface area (Å²) < 4.78 is 6.84. The maximum Gasteiger partial charge on any atom is 0.248 e. The number of hydrogen-bond donors (Lipinski definition) is 1. The largest absolute Gasteiger partial charge is 0.497 e. The predicted octanol–water partition coefficient (Wildman–Crippen LogP) is 2.70. The van der Waals surface area contributed by atoms with Crippen molar-refractivity contribution in [2.45, 2.75) is 13.8 Å². The van der Waals surface area contributed by atoms with Crippen molar-refractivity contribution in [3.8, 4) is 5.75 Å². The van der Waals surface area contributed by atoms with E-state index in [4.69, 9.17) is 4.74 Å². The second kappa shape index (κ2) is 6.26. The van der Waals surface area contributed by atoms with Crippen LogP contribution in [0.3, 0.4) is 0 Å². The molecule has 1 aromatic carbocycles. The van der Waals surface area contributed by atoms with E-state index < -0.39 is 0 Å². The number of hydrogen-bond acceptors (Lipinski definition) is 3. The van der Waals surface area contributed by atoms with Crippen LogP contribution in [0, 0.1) is 13.8 Å². The van der Waals surface area contributed by atoms with Crippen LogP contribution < -0.4 is 10.1 Å². The number of nitrogens with zero attached hydrogens (tertiary/aromatic N) is 2. The standard InChI is InChI=1S/C16H19N3O2/c1-11-16(12(2)19(3)18-11)17-15(20)10-7-13-5-8-14(21-4)9-6-13/h5-10H,1-4H3,(H,17,20). The number of nitrogens with one attached hydrogen (secondary N) is 1. The highest BCUT2D eigenvalue weighted by atomic mass is 16.5. The van der Waals surface area contributed by atoms with Crippen LogP contribution in [-0.4, -0.2) is 22.8 Å². The van der Waals surface area contributed by atoms with Crippen LogP contribution in [-0.2, 0) is 11.8 Å². The summed E-state index contributed by atoms with van der Waals surface area (Å²) in [6.45, 7) is 3.79. The molecule has 5 nitrogen and oxygen atoms in total. The molecule has 0 bridgehead atoms. The smallest absolute Gasteiger partial charge is 0.248 e. The lowest BCUT2D eigenvalue weighted by atomic mass is 10.2. The fraction of sp³-hybridized carbons (Fsp3) is 0.250. The monoisotopic (exact) mass is 285 g/mol. The summed E-state index contributed by atoms with van der Waals surface area (Å²) in [4.78, 5) is 12.0. The quantitative estimate of drug-likeness (QED) is 0.879. The normalized spacial score (nSPS) is 10.9. The van der Waals surface area contributed by atoms with Gasteiger partial charge in [0, 0.05) is 13.1 Å². The van der Waals surface area contributed by atoms with Gasteiger partial charge in [0.05, 0.1) is 24.2 Å².